The van der Waals surface area contributed by atoms with Crippen LogP contribution in [0.1, 0.15) is 26.2 Å². The van der Waals surface area contributed by atoms with Gasteiger partial charge in [0.1, 0.15) is 6.04 Å². The van der Waals surface area contributed by atoms with Crippen LogP contribution in [0.3, 0.4) is 0 Å². The summed E-state index contributed by atoms with van der Waals surface area (Å²) >= 11 is 5.08. The maximum absolute atomic E-state index is 12.3. The van der Waals surface area contributed by atoms with Gasteiger partial charge in [0.2, 0.25) is 0 Å². The average Bonchev–Trinajstić information content (AvgIpc) is 3.00. The minimum absolute atomic E-state index is 0.133. The maximum atomic E-state index is 12.3. The Labute approximate surface area is 155 Å². The Morgan fingerprint density at radius 3 is 2.67 bits per heavy atom. The van der Waals surface area contributed by atoms with Crippen molar-refractivity contribution < 1.29 is 19.1 Å². The molecule has 0 aromatic heterocycles. The topological polar surface area (TPSA) is 55.8 Å². The molecule has 1 aromatic rings. The zero-order valence-corrected chi connectivity index (χ0v) is 16.3. The fourth-order valence-electron chi connectivity index (χ4n) is 2.54. The van der Waals surface area contributed by atoms with Gasteiger partial charge in [-0.1, -0.05) is 29.3 Å². The highest BCUT2D eigenvalue weighted by Gasteiger charge is 2.41. The molecule has 2 rings (SSSR count). The van der Waals surface area contributed by atoms with Crippen molar-refractivity contribution in [1.82, 2.24) is 4.90 Å². The van der Waals surface area contributed by atoms with Crippen molar-refractivity contribution in [3.8, 4) is 0 Å². The summed E-state index contributed by atoms with van der Waals surface area (Å²) in [5.41, 5.74) is 0. The Balaban J connectivity index is 2.01. The quantitative estimate of drug-likeness (QED) is 0.517. The Morgan fingerprint density at radius 2 is 2.04 bits per heavy atom. The van der Waals surface area contributed by atoms with Gasteiger partial charge in [0, 0.05) is 21.2 Å². The van der Waals surface area contributed by atoms with Gasteiger partial charge in [0.05, 0.1) is 13.7 Å². The van der Waals surface area contributed by atoms with Gasteiger partial charge in [-0.15, -0.1) is 11.8 Å². The Morgan fingerprint density at radius 1 is 1.33 bits per heavy atom. The van der Waals surface area contributed by atoms with Crippen LogP contribution in [0, 0.1) is 0 Å². The van der Waals surface area contributed by atoms with E-state index in [1.165, 1.54) is 12.0 Å². The molecule has 1 aliphatic heterocycles. The summed E-state index contributed by atoms with van der Waals surface area (Å²) in [5, 5.41) is 0.133. The van der Waals surface area contributed by atoms with Crippen molar-refractivity contribution in [2.75, 3.05) is 20.3 Å². The van der Waals surface area contributed by atoms with Gasteiger partial charge in [0.15, 0.2) is 0 Å². The number of carbonyl (C=O) groups is 2. The Hall–Kier alpha value is -1.21. The van der Waals surface area contributed by atoms with Gasteiger partial charge in [0.25, 0.3) is 0 Å². The third-order valence-corrected chi connectivity index (χ3v) is 5.56. The molecule has 0 radical (unpaired) electrons. The normalized spacial score (nSPS) is 20.0. The average molecular weight is 416 g/mol. The SMILES string of the molecule is CCCCOC(=O)N1CC(Sc2ccc(Br)cc2)C[C@H]1C(=O)OC. The highest BCUT2D eigenvalue weighted by atomic mass is 79.9. The number of carbonyl (C=O) groups excluding carboxylic acids is 2. The number of likely N-dealkylation sites (tertiary alicyclic amines) is 1. The minimum atomic E-state index is -0.572. The van der Waals surface area contributed by atoms with Crippen molar-refractivity contribution >= 4 is 39.8 Å². The predicted molar refractivity (Wildman–Crippen MR) is 97.2 cm³/mol. The fraction of sp³-hybridized carbons (Fsp3) is 0.529. The van der Waals surface area contributed by atoms with Gasteiger partial charge in [-0.25, -0.2) is 9.59 Å². The molecule has 5 nitrogen and oxygen atoms in total. The number of nitrogens with zero attached hydrogens (tertiary/aromatic N) is 1. The Bertz CT molecular complexity index is 566. The van der Waals surface area contributed by atoms with Gasteiger partial charge >= 0.3 is 12.1 Å². The summed E-state index contributed by atoms with van der Waals surface area (Å²) in [6, 6.07) is 7.42. The molecule has 1 heterocycles. The molecule has 1 amide bonds. The first-order valence-electron chi connectivity index (χ1n) is 7.98. The number of ether oxygens (including phenoxy) is 2. The molecule has 7 heteroatoms. The van der Waals surface area contributed by atoms with Crippen molar-refractivity contribution in [3.63, 3.8) is 0 Å². The smallest absolute Gasteiger partial charge is 0.410 e. The number of hydrogen-bond acceptors (Lipinski definition) is 5. The third kappa shape index (κ3) is 5.14. The van der Waals surface area contributed by atoms with E-state index in [1.807, 2.05) is 31.2 Å². The molecule has 0 saturated carbocycles. The molecule has 132 valence electrons. The lowest BCUT2D eigenvalue weighted by Crippen LogP contribution is -2.41. The van der Waals surface area contributed by atoms with E-state index in [0.29, 0.717) is 19.6 Å². The predicted octanol–water partition coefficient (Wildman–Crippen LogP) is 4.09. The van der Waals surface area contributed by atoms with E-state index >= 15 is 0 Å². The van der Waals surface area contributed by atoms with Crippen LogP contribution in [0.5, 0.6) is 0 Å². The molecular weight excluding hydrogens is 394 g/mol. The first kappa shape index (κ1) is 19.1. The van der Waals surface area contributed by atoms with Crippen LogP contribution < -0.4 is 0 Å². The molecule has 2 atom stereocenters. The van der Waals surface area contributed by atoms with Crippen LogP contribution in [-0.4, -0.2) is 48.5 Å². The number of amides is 1. The molecule has 1 aromatic carbocycles. The number of thioether (sulfide) groups is 1. The zero-order valence-electron chi connectivity index (χ0n) is 13.9. The van der Waals surface area contributed by atoms with E-state index in [-0.39, 0.29) is 11.2 Å². The maximum Gasteiger partial charge on any atom is 0.410 e. The molecule has 0 spiro atoms. The van der Waals surface area contributed by atoms with Gasteiger partial charge in [-0.2, -0.15) is 0 Å². The highest BCUT2D eigenvalue weighted by Crippen LogP contribution is 2.34. The van der Waals surface area contributed by atoms with Crippen LogP contribution >= 0.6 is 27.7 Å². The van der Waals surface area contributed by atoms with E-state index in [9.17, 15) is 9.59 Å². The third-order valence-electron chi connectivity index (χ3n) is 3.81. The monoisotopic (exact) mass is 415 g/mol. The minimum Gasteiger partial charge on any atom is -0.467 e. The summed E-state index contributed by atoms with van der Waals surface area (Å²) in [6.07, 6.45) is 1.91. The number of unbranched alkanes of at least 4 members (excludes halogenated alkanes) is 1. The summed E-state index contributed by atoms with van der Waals surface area (Å²) in [6.45, 7) is 2.89. The van der Waals surface area contributed by atoms with Crippen LogP contribution in [0.15, 0.2) is 33.6 Å². The van der Waals surface area contributed by atoms with E-state index in [4.69, 9.17) is 9.47 Å². The zero-order chi connectivity index (χ0) is 17.5. The number of esters is 1. The molecule has 24 heavy (non-hydrogen) atoms. The van der Waals surface area contributed by atoms with Crippen LogP contribution in [0.2, 0.25) is 0 Å². The summed E-state index contributed by atoms with van der Waals surface area (Å²) < 4.78 is 11.1. The number of halogens is 1. The van der Waals surface area contributed by atoms with Crippen LogP contribution in [-0.2, 0) is 14.3 Å². The second-order valence-electron chi connectivity index (χ2n) is 5.59. The fourth-order valence-corrected chi connectivity index (χ4v) is 3.99. The lowest BCUT2D eigenvalue weighted by atomic mass is 10.2. The van der Waals surface area contributed by atoms with E-state index < -0.39 is 12.1 Å². The van der Waals surface area contributed by atoms with Crippen molar-refractivity contribution in [3.05, 3.63) is 28.7 Å². The molecule has 0 bridgehead atoms. The van der Waals surface area contributed by atoms with E-state index in [2.05, 4.69) is 15.9 Å². The number of rotatable bonds is 6. The summed E-state index contributed by atoms with van der Waals surface area (Å²) in [4.78, 5) is 26.9. The van der Waals surface area contributed by atoms with Crippen molar-refractivity contribution in [2.24, 2.45) is 0 Å². The standard InChI is InChI=1S/C17H22BrNO4S/c1-3-4-9-23-17(21)19-11-14(10-15(19)16(20)22-2)24-13-7-5-12(18)6-8-13/h5-8,14-15H,3-4,9-11H2,1-2H3/t14?,15-/m0/s1. The first-order chi connectivity index (χ1) is 11.5. The van der Waals surface area contributed by atoms with Crippen molar-refractivity contribution in [2.45, 2.75) is 42.4 Å². The van der Waals surface area contributed by atoms with Crippen LogP contribution in [0.4, 0.5) is 4.79 Å². The molecule has 0 N–H and O–H groups in total. The first-order valence-corrected chi connectivity index (χ1v) is 9.65. The number of benzene rings is 1. The molecule has 1 aliphatic rings. The lowest BCUT2D eigenvalue weighted by Gasteiger charge is -2.21. The van der Waals surface area contributed by atoms with E-state index in [1.54, 1.807) is 11.8 Å². The van der Waals surface area contributed by atoms with Crippen molar-refractivity contribution in [1.29, 1.82) is 0 Å². The lowest BCUT2D eigenvalue weighted by molar-refractivity contribution is -0.145. The Kier molecular flexibility index (Phi) is 7.42. The second kappa shape index (κ2) is 9.32. The summed E-state index contributed by atoms with van der Waals surface area (Å²) in [5.74, 6) is -0.388. The largest absolute Gasteiger partial charge is 0.467 e. The molecular formula is C17H22BrNO4S. The van der Waals surface area contributed by atoms with Crippen LogP contribution in [0.25, 0.3) is 0 Å². The molecule has 0 aliphatic carbocycles. The highest BCUT2D eigenvalue weighted by molar-refractivity contribution is 9.10. The molecule has 1 saturated heterocycles. The van der Waals surface area contributed by atoms with E-state index in [0.717, 1.165) is 22.2 Å². The van der Waals surface area contributed by atoms with Gasteiger partial charge in [-0.05, 0) is 37.1 Å². The van der Waals surface area contributed by atoms with Gasteiger partial charge in [-0.3, -0.25) is 4.90 Å². The number of hydrogen-bond donors (Lipinski definition) is 0. The molecule has 1 unspecified atom stereocenters. The van der Waals surface area contributed by atoms with Gasteiger partial charge < -0.3 is 9.47 Å². The summed E-state index contributed by atoms with van der Waals surface area (Å²) in [7, 11) is 1.35. The molecule has 1 fully saturated rings. The number of methoxy groups -OCH3 is 1. The second-order valence-corrected chi connectivity index (χ2v) is 7.88.